The van der Waals surface area contributed by atoms with E-state index in [1.165, 1.54) is 19.3 Å². The van der Waals surface area contributed by atoms with Gasteiger partial charge in [-0.1, -0.05) is 25.8 Å². The van der Waals surface area contributed by atoms with Crippen molar-refractivity contribution in [3.05, 3.63) is 23.8 Å². The summed E-state index contributed by atoms with van der Waals surface area (Å²) >= 11 is 0. The SMILES string of the molecule is COc1ccc(C(N)C2CCCC2C)cc1OC. The lowest BCUT2D eigenvalue weighted by Gasteiger charge is -2.24. The molecule has 18 heavy (non-hydrogen) atoms. The van der Waals surface area contributed by atoms with E-state index in [0.717, 1.165) is 17.1 Å². The van der Waals surface area contributed by atoms with Crippen LogP contribution in [0, 0.1) is 11.8 Å². The third-order valence-electron chi connectivity index (χ3n) is 4.18. The molecule has 1 saturated carbocycles. The lowest BCUT2D eigenvalue weighted by atomic mass is 9.86. The molecular formula is C15H23NO2. The molecule has 0 heterocycles. The summed E-state index contributed by atoms with van der Waals surface area (Å²) in [4.78, 5) is 0. The zero-order valence-corrected chi connectivity index (χ0v) is 11.5. The summed E-state index contributed by atoms with van der Waals surface area (Å²) in [5.41, 5.74) is 7.55. The summed E-state index contributed by atoms with van der Waals surface area (Å²) in [5, 5.41) is 0. The first kappa shape index (κ1) is 13.2. The van der Waals surface area contributed by atoms with Crippen LogP contribution in [0.1, 0.15) is 37.8 Å². The van der Waals surface area contributed by atoms with Crippen LogP contribution in [-0.2, 0) is 0 Å². The molecule has 3 nitrogen and oxygen atoms in total. The van der Waals surface area contributed by atoms with Gasteiger partial charge in [0.1, 0.15) is 0 Å². The van der Waals surface area contributed by atoms with Crippen molar-refractivity contribution < 1.29 is 9.47 Å². The highest BCUT2D eigenvalue weighted by atomic mass is 16.5. The predicted octanol–water partition coefficient (Wildman–Crippen LogP) is 3.14. The molecule has 1 fully saturated rings. The first-order chi connectivity index (χ1) is 8.67. The monoisotopic (exact) mass is 249 g/mol. The highest BCUT2D eigenvalue weighted by molar-refractivity contribution is 5.43. The van der Waals surface area contributed by atoms with Gasteiger partial charge >= 0.3 is 0 Å². The molecule has 1 aromatic rings. The second-order valence-corrected chi connectivity index (χ2v) is 5.21. The largest absolute Gasteiger partial charge is 0.493 e. The Kier molecular flexibility index (Phi) is 4.12. The van der Waals surface area contributed by atoms with Crippen LogP contribution in [0.4, 0.5) is 0 Å². The molecule has 3 atom stereocenters. The molecule has 2 rings (SSSR count). The van der Waals surface area contributed by atoms with E-state index >= 15 is 0 Å². The fraction of sp³-hybridized carbons (Fsp3) is 0.600. The standard InChI is InChI=1S/C15H23NO2/c1-10-5-4-6-12(10)15(16)11-7-8-13(17-2)14(9-11)18-3/h7-10,12,15H,4-6,16H2,1-3H3. The van der Waals surface area contributed by atoms with Gasteiger partial charge in [0.05, 0.1) is 14.2 Å². The maximum Gasteiger partial charge on any atom is 0.161 e. The van der Waals surface area contributed by atoms with Crippen molar-refractivity contribution in [3.8, 4) is 11.5 Å². The first-order valence-corrected chi connectivity index (χ1v) is 6.65. The van der Waals surface area contributed by atoms with Gasteiger partial charge < -0.3 is 15.2 Å². The van der Waals surface area contributed by atoms with Crippen LogP contribution in [0.15, 0.2) is 18.2 Å². The highest BCUT2D eigenvalue weighted by Gasteiger charge is 2.29. The summed E-state index contributed by atoms with van der Waals surface area (Å²) in [7, 11) is 3.31. The molecule has 3 heteroatoms. The number of nitrogens with two attached hydrogens (primary N) is 1. The Morgan fingerprint density at radius 3 is 2.44 bits per heavy atom. The second kappa shape index (κ2) is 5.61. The zero-order chi connectivity index (χ0) is 13.1. The quantitative estimate of drug-likeness (QED) is 0.891. The van der Waals surface area contributed by atoms with Gasteiger partial charge in [-0.15, -0.1) is 0 Å². The van der Waals surface area contributed by atoms with E-state index < -0.39 is 0 Å². The van der Waals surface area contributed by atoms with E-state index in [-0.39, 0.29) is 6.04 Å². The Labute approximate surface area is 109 Å². The molecule has 0 aromatic heterocycles. The van der Waals surface area contributed by atoms with E-state index in [9.17, 15) is 0 Å². The number of methoxy groups -OCH3 is 2. The minimum atomic E-state index is 0.0994. The number of rotatable bonds is 4. The van der Waals surface area contributed by atoms with E-state index in [2.05, 4.69) is 13.0 Å². The van der Waals surface area contributed by atoms with Crippen molar-refractivity contribution in [3.63, 3.8) is 0 Å². The van der Waals surface area contributed by atoms with Crippen molar-refractivity contribution in [2.45, 2.75) is 32.2 Å². The number of ether oxygens (including phenoxy) is 2. The number of hydrogen-bond acceptors (Lipinski definition) is 3. The van der Waals surface area contributed by atoms with Gasteiger partial charge in [-0.05, 0) is 36.0 Å². The van der Waals surface area contributed by atoms with Crippen molar-refractivity contribution in [1.82, 2.24) is 0 Å². The molecule has 2 N–H and O–H groups in total. The summed E-state index contributed by atoms with van der Waals surface area (Å²) < 4.78 is 10.6. The average molecular weight is 249 g/mol. The molecule has 0 saturated heterocycles. The van der Waals surface area contributed by atoms with Crippen molar-refractivity contribution in [2.24, 2.45) is 17.6 Å². The van der Waals surface area contributed by atoms with Crippen LogP contribution in [-0.4, -0.2) is 14.2 Å². The Balaban J connectivity index is 2.22. The number of hydrogen-bond donors (Lipinski definition) is 1. The van der Waals surface area contributed by atoms with Crippen LogP contribution in [0.2, 0.25) is 0 Å². The molecule has 0 radical (unpaired) electrons. The van der Waals surface area contributed by atoms with Gasteiger partial charge in [-0.2, -0.15) is 0 Å². The van der Waals surface area contributed by atoms with E-state index in [1.807, 2.05) is 12.1 Å². The van der Waals surface area contributed by atoms with E-state index in [1.54, 1.807) is 14.2 Å². The topological polar surface area (TPSA) is 44.5 Å². The third kappa shape index (κ3) is 2.46. The van der Waals surface area contributed by atoms with Gasteiger partial charge in [0.15, 0.2) is 11.5 Å². The molecule has 3 unspecified atom stereocenters. The molecule has 1 aliphatic rings. The van der Waals surface area contributed by atoms with Crippen LogP contribution < -0.4 is 15.2 Å². The Hall–Kier alpha value is -1.22. The van der Waals surface area contributed by atoms with E-state index in [0.29, 0.717) is 11.8 Å². The molecule has 0 spiro atoms. The van der Waals surface area contributed by atoms with Gasteiger partial charge in [-0.25, -0.2) is 0 Å². The summed E-state index contributed by atoms with van der Waals surface area (Å²) in [6.07, 6.45) is 3.83. The zero-order valence-electron chi connectivity index (χ0n) is 11.5. The van der Waals surface area contributed by atoms with Crippen molar-refractivity contribution in [1.29, 1.82) is 0 Å². The lowest BCUT2D eigenvalue weighted by Crippen LogP contribution is -2.23. The van der Waals surface area contributed by atoms with Crippen molar-refractivity contribution in [2.75, 3.05) is 14.2 Å². The highest BCUT2D eigenvalue weighted by Crippen LogP contribution is 2.40. The Morgan fingerprint density at radius 1 is 1.17 bits per heavy atom. The van der Waals surface area contributed by atoms with Gasteiger partial charge in [0, 0.05) is 6.04 Å². The number of benzene rings is 1. The molecular weight excluding hydrogens is 226 g/mol. The molecule has 100 valence electrons. The normalized spacial score (nSPS) is 24.9. The lowest BCUT2D eigenvalue weighted by molar-refractivity contribution is 0.341. The van der Waals surface area contributed by atoms with Crippen LogP contribution in [0.25, 0.3) is 0 Å². The molecule has 1 aliphatic carbocycles. The Morgan fingerprint density at radius 2 is 1.89 bits per heavy atom. The Bertz CT molecular complexity index is 405. The van der Waals surface area contributed by atoms with Crippen molar-refractivity contribution >= 4 is 0 Å². The maximum atomic E-state index is 6.41. The molecule has 0 bridgehead atoms. The summed E-state index contributed by atoms with van der Waals surface area (Å²) in [5.74, 6) is 2.82. The van der Waals surface area contributed by atoms with E-state index in [4.69, 9.17) is 15.2 Å². The van der Waals surface area contributed by atoms with Gasteiger partial charge in [0.25, 0.3) is 0 Å². The molecule has 0 aliphatic heterocycles. The van der Waals surface area contributed by atoms with Crippen LogP contribution in [0.3, 0.4) is 0 Å². The first-order valence-electron chi connectivity index (χ1n) is 6.65. The molecule has 0 amide bonds. The van der Waals surface area contributed by atoms with Gasteiger partial charge in [0.2, 0.25) is 0 Å². The van der Waals surface area contributed by atoms with Gasteiger partial charge in [-0.3, -0.25) is 0 Å². The predicted molar refractivity (Wildman–Crippen MR) is 73.0 cm³/mol. The summed E-state index contributed by atoms with van der Waals surface area (Å²) in [6.45, 7) is 2.30. The fourth-order valence-corrected chi connectivity index (χ4v) is 3.01. The third-order valence-corrected chi connectivity index (χ3v) is 4.18. The minimum absolute atomic E-state index is 0.0994. The maximum absolute atomic E-state index is 6.41. The molecule has 1 aromatic carbocycles. The van der Waals surface area contributed by atoms with Crippen LogP contribution >= 0.6 is 0 Å². The fourth-order valence-electron chi connectivity index (χ4n) is 3.01. The smallest absolute Gasteiger partial charge is 0.161 e. The van der Waals surface area contributed by atoms with Crippen LogP contribution in [0.5, 0.6) is 11.5 Å². The average Bonchev–Trinajstić information content (AvgIpc) is 2.83. The second-order valence-electron chi connectivity index (χ2n) is 5.21. The minimum Gasteiger partial charge on any atom is -0.493 e. The summed E-state index contributed by atoms with van der Waals surface area (Å²) in [6, 6.07) is 6.10.